The minimum Gasteiger partial charge on any atom is -0.352 e. The van der Waals surface area contributed by atoms with Crippen molar-refractivity contribution in [3.05, 3.63) is 71.0 Å². The van der Waals surface area contributed by atoms with Crippen LogP contribution in [0.5, 0.6) is 0 Å². The predicted molar refractivity (Wildman–Crippen MR) is 91.8 cm³/mol. The summed E-state index contributed by atoms with van der Waals surface area (Å²) in [7, 11) is 0. The molecule has 1 aromatic heterocycles. The Morgan fingerprint density at radius 2 is 2.09 bits per heavy atom. The van der Waals surface area contributed by atoms with Crippen LogP contribution < -0.4 is 5.32 Å². The van der Waals surface area contributed by atoms with Crippen molar-refractivity contribution >= 4 is 33.5 Å². The van der Waals surface area contributed by atoms with Crippen LogP contribution in [0.3, 0.4) is 0 Å². The zero-order valence-electron chi connectivity index (χ0n) is 12.3. The van der Waals surface area contributed by atoms with Crippen molar-refractivity contribution < 1.29 is 9.18 Å². The molecule has 0 aliphatic heterocycles. The van der Waals surface area contributed by atoms with Gasteiger partial charge in [-0.2, -0.15) is 0 Å². The Bertz CT molecular complexity index is 824. The van der Waals surface area contributed by atoms with Crippen LogP contribution in [0.25, 0.3) is 16.3 Å². The number of nitrogens with one attached hydrogen (secondary N) is 1. The van der Waals surface area contributed by atoms with Gasteiger partial charge in [-0.05, 0) is 42.3 Å². The molecule has 1 amide bonds. The van der Waals surface area contributed by atoms with Gasteiger partial charge in [-0.25, -0.2) is 9.37 Å². The molecule has 0 saturated heterocycles. The zero-order valence-corrected chi connectivity index (χ0v) is 13.1. The highest BCUT2D eigenvalue weighted by Gasteiger charge is 2.01. The van der Waals surface area contributed by atoms with Crippen molar-refractivity contribution in [2.75, 3.05) is 6.54 Å². The van der Waals surface area contributed by atoms with Crippen LogP contribution in [-0.4, -0.2) is 17.4 Å². The molecule has 1 heterocycles. The van der Waals surface area contributed by atoms with Crippen molar-refractivity contribution in [3.63, 3.8) is 0 Å². The highest BCUT2D eigenvalue weighted by Crippen LogP contribution is 2.22. The molecule has 23 heavy (non-hydrogen) atoms. The lowest BCUT2D eigenvalue weighted by Crippen LogP contribution is -2.23. The number of carbonyl (C=O) groups is 1. The lowest BCUT2D eigenvalue weighted by molar-refractivity contribution is -0.116. The molecule has 0 unspecified atom stereocenters. The standard InChI is InChI=1S/C18H15FN2OS/c19-14-5-3-4-13(12-14)10-11-20-17(22)8-9-18-21-15-6-1-2-7-16(15)23-18/h1-9,12H,10-11H2,(H,20,22)/b9-8+. The number of fused-ring (bicyclic) bond motifs is 1. The van der Waals surface area contributed by atoms with E-state index in [1.165, 1.54) is 18.2 Å². The molecule has 0 atom stereocenters. The number of thiazole rings is 1. The van der Waals surface area contributed by atoms with Gasteiger partial charge in [0.1, 0.15) is 10.8 Å². The van der Waals surface area contributed by atoms with Gasteiger partial charge in [0.05, 0.1) is 10.2 Å². The highest BCUT2D eigenvalue weighted by molar-refractivity contribution is 7.19. The molecule has 5 heteroatoms. The summed E-state index contributed by atoms with van der Waals surface area (Å²) in [5.41, 5.74) is 1.80. The molecule has 0 saturated carbocycles. The number of halogens is 1. The molecular weight excluding hydrogens is 311 g/mol. The van der Waals surface area contributed by atoms with E-state index in [1.807, 2.05) is 30.3 Å². The molecule has 116 valence electrons. The molecule has 3 rings (SSSR count). The minimum atomic E-state index is -0.260. The van der Waals surface area contributed by atoms with E-state index in [4.69, 9.17) is 0 Å². The predicted octanol–water partition coefficient (Wildman–Crippen LogP) is 3.81. The van der Waals surface area contributed by atoms with Crippen molar-refractivity contribution in [2.45, 2.75) is 6.42 Å². The first-order chi connectivity index (χ1) is 11.2. The minimum absolute atomic E-state index is 0.180. The average Bonchev–Trinajstić information content (AvgIpc) is 2.96. The summed E-state index contributed by atoms with van der Waals surface area (Å²) in [6.45, 7) is 0.465. The Labute approximate surface area is 137 Å². The summed E-state index contributed by atoms with van der Waals surface area (Å²) in [4.78, 5) is 16.2. The van der Waals surface area contributed by atoms with Crippen LogP contribution in [0, 0.1) is 5.82 Å². The van der Waals surface area contributed by atoms with Crippen LogP contribution in [0.1, 0.15) is 10.6 Å². The van der Waals surface area contributed by atoms with E-state index in [0.717, 1.165) is 20.8 Å². The van der Waals surface area contributed by atoms with Crippen LogP contribution >= 0.6 is 11.3 Å². The largest absolute Gasteiger partial charge is 0.352 e. The number of hydrogen-bond acceptors (Lipinski definition) is 3. The molecule has 3 nitrogen and oxygen atoms in total. The summed E-state index contributed by atoms with van der Waals surface area (Å²) in [5.74, 6) is -0.440. The summed E-state index contributed by atoms with van der Waals surface area (Å²) in [6, 6.07) is 14.2. The molecule has 0 fully saturated rings. The molecule has 0 radical (unpaired) electrons. The van der Waals surface area contributed by atoms with Gasteiger partial charge in [-0.1, -0.05) is 24.3 Å². The molecule has 0 aliphatic carbocycles. The topological polar surface area (TPSA) is 42.0 Å². The number of aromatic nitrogens is 1. The number of para-hydroxylation sites is 1. The van der Waals surface area contributed by atoms with Crippen LogP contribution in [0.2, 0.25) is 0 Å². The lowest BCUT2D eigenvalue weighted by Gasteiger charge is -2.02. The first-order valence-corrected chi connectivity index (χ1v) is 8.08. The van der Waals surface area contributed by atoms with E-state index in [2.05, 4.69) is 10.3 Å². The zero-order chi connectivity index (χ0) is 16.1. The molecule has 2 aromatic carbocycles. The monoisotopic (exact) mass is 326 g/mol. The Kier molecular flexibility index (Phi) is 4.78. The van der Waals surface area contributed by atoms with Crippen molar-refractivity contribution in [1.82, 2.24) is 10.3 Å². The normalized spacial score (nSPS) is 11.2. The molecule has 1 N–H and O–H groups in total. The third kappa shape index (κ3) is 4.23. The molecule has 0 bridgehead atoms. The average molecular weight is 326 g/mol. The molecule has 0 aliphatic rings. The second kappa shape index (κ2) is 7.15. The Balaban J connectivity index is 1.52. The van der Waals surface area contributed by atoms with Gasteiger partial charge in [0, 0.05) is 12.6 Å². The maximum absolute atomic E-state index is 13.0. The van der Waals surface area contributed by atoms with E-state index >= 15 is 0 Å². The van der Waals surface area contributed by atoms with Gasteiger partial charge >= 0.3 is 0 Å². The van der Waals surface area contributed by atoms with Gasteiger partial charge in [0.2, 0.25) is 5.91 Å². The van der Waals surface area contributed by atoms with E-state index in [1.54, 1.807) is 23.5 Å². The third-order valence-corrected chi connectivity index (χ3v) is 4.29. The van der Waals surface area contributed by atoms with Gasteiger partial charge in [-0.15, -0.1) is 11.3 Å². The molecule has 0 spiro atoms. The van der Waals surface area contributed by atoms with Gasteiger partial charge < -0.3 is 5.32 Å². The second-order valence-electron chi connectivity index (χ2n) is 5.02. The van der Waals surface area contributed by atoms with E-state index < -0.39 is 0 Å². The first-order valence-electron chi connectivity index (χ1n) is 7.27. The number of carbonyl (C=O) groups excluding carboxylic acids is 1. The fourth-order valence-corrected chi connectivity index (χ4v) is 3.06. The summed E-state index contributed by atoms with van der Waals surface area (Å²) < 4.78 is 14.1. The van der Waals surface area contributed by atoms with Gasteiger partial charge in [0.15, 0.2) is 0 Å². The summed E-state index contributed by atoms with van der Waals surface area (Å²) in [5, 5.41) is 3.58. The molecule has 3 aromatic rings. The number of nitrogens with zero attached hydrogens (tertiary/aromatic N) is 1. The Morgan fingerprint density at radius 3 is 2.91 bits per heavy atom. The first kappa shape index (κ1) is 15.4. The van der Waals surface area contributed by atoms with Gasteiger partial charge in [0.25, 0.3) is 0 Å². The molecular formula is C18H15FN2OS. The lowest BCUT2D eigenvalue weighted by atomic mass is 10.1. The smallest absolute Gasteiger partial charge is 0.244 e. The fraction of sp³-hybridized carbons (Fsp3) is 0.111. The van der Waals surface area contributed by atoms with Crippen LogP contribution in [0.4, 0.5) is 4.39 Å². The Morgan fingerprint density at radius 1 is 1.22 bits per heavy atom. The second-order valence-corrected chi connectivity index (χ2v) is 6.09. The summed E-state index contributed by atoms with van der Waals surface area (Å²) >= 11 is 1.54. The SMILES string of the molecule is O=C(/C=C/c1nc2ccccc2s1)NCCc1cccc(F)c1. The van der Waals surface area contributed by atoms with Gasteiger partial charge in [-0.3, -0.25) is 4.79 Å². The quantitative estimate of drug-likeness (QED) is 0.725. The van der Waals surface area contributed by atoms with E-state index in [-0.39, 0.29) is 11.7 Å². The van der Waals surface area contributed by atoms with Crippen molar-refractivity contribution in [1.29, 1.82) is 0 Å². The third-order valence-electron chi connectivity index (χ3n) is 3.29. The fourth-order valence-electron chi connectivity index (χ4n) is 2.19. The maximum atomic E-state index is 13.0. The maximum Gasteiger partial charge on any atom is 0.244 e. The van der Waals surface area contributed by atoms with Crippen LogP contribution in [-0.2, 0) is 11.2 Å². The number of rotatable bonds is 5. The number of amides is 1. The number of benzene rings is 2. The number of hydrogen-bond donors (Lipinski definition) is 1. The van der Waals surface area contributed by atoms with E-state index in [0.29, 0.717) is 13.0 Å². The Hall–Kier alpha value is -2.53. The van der Waals surface area contributed by atoms with Crippen molar-refractivity contribution in [2.24, 2.45) is 0 Å². The van der Waals surface area contributed by atoms with Crippen molar-refractivity contribution in [3.8, 4) is 0 Å². The van der Waals surface area contributed by atoms with E-state index in [9.17, 15) is 9.18 Å². The van der Waals surface area contributed by atoms with Crippen LogP contribution in [0.15, 0.2) is 54.6 Å². The highest BCUT2D eigenvalue weighted by atomic mass is 32.1. The summed E-state index contributed by atoms with van der Waals surface area (Å²) in [6.07, 6.45) is 3.78.